The summed E-state index contributed by atoms with van der Waals surface area (Å²) in [5.74, 6) is 0.340. The van der Waals surface area contributed by atoms with Gasteiger partial charge in [-0.1, -0.05) is 39.0 Å². The third-order valence-corrected chi connectivity index (χ3v) is 3.09. The Balaban J connectivity index is 2.16. The van der Waals surface area contributed by atoms with Gasteiger partial charge >= 0.3 is 0 Å². The van der Waals surface area contributed by atoms with Gasteiger partial charge in [-0.15, -0.1) is 0 Å². The van der Waals surface area contributed by atoms with Crippen molar-refractivity contribution in [3.8, 4) is 0 Å². The second-order valence-corrected chi connectivity index (χ2v) is 4.32. The van der Waals surface area contributed by atoms with Crippen LogP contribution in [0.3, 0.4) is 0 Å². The Bertz CT molecular complexity index is 160. The Hall–Kier alpha value is -0.370. The fourth-order valence-electron chi connectivity index (χ4n) is 2.04. The SMILES string of the molecule is CCC(=O)CNC1CCCCCCC1. The third-order valence-electron chi connectivity index (χ3n) is 3.09. The minimum absolute atomic E-state index is 0.340. The first-order valence-corrected chi connectivity index (χ1v) is 6.08. The fourth-order valence-corrected chi connectivity index (χ4v) is 2.04. The Morgan fingerprint density at radius 3 is 2.29 bits per heavy atom. The molecule has 1 N–H and O–H groups in total. The molecule has 0 saturated heterocycles. The van der Waals surface area contributed by atoms with Crippen LogP contribution in [0.15, 0.2) is 0 Å². The zero-order chi connectivity index (χ0) is 10.2. The third kappa shape index (κ3) is 4.75. The standard InChI is InChI=1S/C12H23NO/c1-2-12(14)10-13-11-8-6-4-3-5-7-9-11/h11,13H,2-10H2,1H3. The second-order valence-electron chi connectivity index (χ2n) is 4.32. The smallest absolute Gasteiger partial charge is 0.146 e. The van der Waals surface area contributed by atoms with E-state index in [0.29, 0.717) is 24.8 Å². The van der Waals surface area contributed by atoms with E-state index >= 15 is 0 Å². The highest BCUT2D eigenvalue weighted by molar-refractivity contribution is 5.80. The summed E-state index contributed by atoms with van der Waals surface area (Å²) in [6, 6.07) is 0.603. The van der Waals surface area contributed by atoms with Gasteiger partial charge in [-0.25, -0.2) is 0 Å². The van der Waals surface area contributed by atoms with Crippen molar-refractivity contribution < 1.29 is 4.79 Å². The van der Waals surface area contributed by atoms with E-state index in [1.54, 1.807) is 0 Å². The Morgan fingerprint density at radius 2 is 1.71 bits per heavy atom. The van der Waals surface area contributed by atoms with E-state index in [1.807, 2.05) is 6.92 Å². The van der Waals surface area contributed by atoms with Gasteiger partial charge in [-0.05, 0) is 12.8 Å². The number of hydrogen-bond acceptors (Lipinski definition) is 2. The zero-order valence-corrected chi connectivity index (χ0v) is 9.35. The first-order valence-electron chi connectivity index (χ1n) is 6.08. The maximum Gasteiger partial charge on any atom is 0.146 e. The van der Waals surface area contributed by atoms with Gasteiger partial charge in [0.1, 0.15) is 5.78 Å². The van der Waals surface area contributed by atoms with Gasteiger partial charge in [0.05, 0.1) is 6.54 Å². The number of nitrogens with one attached hydrogen (secondary N) is 1. The molecule has 0 atom stereocenters. The molecule has 0 radical (unpaired) electrons. The maximum absolute atomic E-state index is 11.1. The van der Waals surface area contributed by atoms with Crippen molar-refractivity contribution in [2.45, 2.75) is 64.3 Å². The van der Waals surface area contributed by atoms with Crippen molar-refractivity contribution in [2.75, 3.05) is 6.54 Å². The normalized spacial score (nSPS) is 20.1. The molecule has 1 aliphatic carbocycles. The van der Waals surface area contributed by atoms with E-state index in [-0.39, 0.29) is 0 Å². The van der Waals surface area contributed by atoms with Gasteiger partial charge < -0.3 is 5.32 Å². The summed E-state index contributed by atoms with van der Waals surface area (Å²) in [5, 5.41) is 3.39. The van der Waals surface area contributed by atoms with Crippen LogP contribution in [0.25, 0.3) is 0 Å². The number of carbonyl (C=O) groups excluding carboxylic acids is 1. The summed E-state index contributed by atoms with van der Waals surface area (Å²) >= 11 is 0. The molecule has 0 bridgehead atoms. The molecule has 0 aromatic carbocycles. The van der Waals surface area contributed by atoms with E-state index in [4.69, 9.17) is 0 Å². The summed E-state index contributed by atoms with van der Waals surface area (Å²) in [7, 11) is 0. The average molecular weight is 197 g/mol. The minimum atomic E-state index is 0.340. The van der Waals surface area contributed by atoms with Gasteiger partial charge in [0.25, 0.3) is 0 Å². The lowest BCUT2D eigenvalue weighted by molar-refractivity contribution is -0.118. The van der Waals surface area contributed by atoms with Gasteiger partial charge in [-0.3, -0.25) is 4.79 Å². The highest BCUT2D eigenvalue weighted by atomic mass is 16.1. The van der Waals surface area contributed by atoms with E-state index in [1.165, 1.54) is 44.9 Å². The van der Waals surface area contributed by atoms with Crippen LogP contribution in [0.2, 0.25) is 0 Å². The monoisotopic (exact) mass is 197 g/mol. The van der Waals surface area contributed by atoms with Gasteiger partial charge in [0.15, 0.2) is 0 Å². The molecule has 0 heterocycles. The molecule has 1 saturated carbocycles. The van der Waals surface area contributed by atoms with Crippen LogP contribution in [0, 0.1) is 0 Å². The molecule has 0 amide bonds. The molecule has 1 fully saturated rings. The lowest BCUT2D eigenvalue weighted by atomic mass is 9.96. The highest BCUT2D eigenvalue weighted by Crippen LogP contribution is 2.16. The van der Waals surface area contributed by atoms with Crippen molar-refractivity contribution in [2.24, 2.45) is 0 Å². The molecule has 0 unspecified atom stereocenters. The largest absolute Gasteiger partial charge is 0.307 e. The van der Waals surface area contributed by atoms with E-state index in [2.05, 4.69) is 5.32 Å². The van der Waals surface area contributed by atoms with Crippen LogP contribution in [0.4, 0.5) is 0 Å². The molecular weight excluding hydrogens is 174 g/mol. The van der Waals surface area contributed by atoms with Crippen LogP contribution >= 0.6 is 0 Å². The van der Waals surface area contributed by atoms with Crippen molar-refractivity contribution in [3.05, 3.63) is 0 Å². The van der Waals surface area contributed by atoms with Crippen molar-refractivity contribution in [3.63, 3.8) is 0 Å². The van der Waals surface area contributed by atoms with Crippen LogP contribution < -0.4 is 5.32 Å². The summed E-state index contributed by atoms with van der Waals surface area (Å²) in [5.41, 5.74) is 0. The van der Waals surface area contributed by atoms with Crippen molar-refractivity contribution in [1.29, 1.82) is 0 Å². The lowest BCUT2D eigenvalue weighted by Crippen LogP contribution is -2.33. The molecule has 2 nitrogen and oxygen atoms in total. The fraction of sp³-hybridized carbons (Fsp3) is 0.917. The molecular formula is C12H23NO. The van der Waals surface area contributed by atoms with Crippen LogP contribution in [0.1, 0.15) is 58.3 Å². The van der Waals surface area contributed by atoms with Gasteiger partial charge in [-0.2, -0.15) is 0 Å². The molecule has 82 valence electrons. The lowest BCUT2D eigenvalue weighted by Gasteiger charge is -2.20. The maximum atomic E-state index is 11.1. The molecule has 0 aromatic rings. The summed E-state index contributed by atoms with van der Waals surface area (Å²) in [4.78, 5) is 11.1. The van der Waals surface area contributed by atoms with Crippen LogP contribution in [-0.2, 0) is 4.79 Å². The number of carbonyl (C=O) groups is 1. The van der Waals surface area contributed by atoms with Gasteiger partial charge in [0.2, 0.25) is 0 Å². The van der Waals surface area contributed by atoms with Crippen molar-refractivity contribution in [1.82, 2.24) is 5.32 Å². The molecule has 0 aromatic heterocycles. The number of Topliss-reactive ketones (excluding diaryl/α,β-unsaturated/α-hetero) is 1. The summed E-state index contributed by atoms with van der Waals surface area (Å²) < 4.78 is 0. The van der Waals surface area contributed by atoms with Crippen molar-refractivity contribution >= 4 is 5.78 Å². The number of hydrogen-bond donors (Lipinski definition) is 1. The Labute approximate surface area is 87.5 Å². The summed E-state index contributed by atoms with van der Waals surface area (Å²) in [6.45, 7) is 2.52. The first kappa shape index (κ1) is 11.7. The van der Waals surface area contributed by atoms with E-state index in [0.717, 1.165) is 0 Å². The number of ketones is 1. The zero-order valence-electron chi connectivity index (χ0n) is 9.35. The molecule has 2 heteroatoms. The molecule has 0 spiro atoms. The van der Waals surface area contributed by atoms with E-state index < -0.39 is 0 Å². The number of rotatable bonds is 4. The van der Waals surface area contributed by atoms with Gasteiger partial charge in [0, 0.05) is 12.5 Å². The predicted octanol–water partition coefficient (Wildman–Crippen LogP) is 2.67. The Kier molecular flexibility index (Phi) is 5.85. The van der Waals surface area contributed by atoms with E-state index in [9.17, 15) is 4.79 Å². The molecule has 1 aliphatic rings. The topological polar surface area (TPSA) is 29.1 Å². The minimum Gasteiger partial charge on any atom is -0.307 e. The summed E-state index contributed by atoms with van der Waals surface area (Å²) in [6.07, 6.45) is 10.0. The second kappa shape index (κ2) is 6.99. The average Bonchev–Trinajstić information content (AvgIpc) is 2.15. The highest BCUT2D eigenvalue weighted by Gasteiger charge is 2.11. The predicted molar refractivity (Wildman–Crippen MR) is 59.4 cm³/mol. The quantitative estimate of drug-likeness (QED) is 0.750. The van der Waals surface area contributed by atoms with Crippen LogP contribution in [-0.4, -0.2) is 18.4 Å². The molecule has 0 aliphatic heterocycles. The molecule has 1 rings (SSSR count). The van der Waals surface area contributed by atoms with Crippen LogP contribution in [0.5, 0.6) is 0 Å². The molecule has 14 heavy (non-hydrogen) atoms. The Morgan fingerprint density at radius 1 is 1.14 bits per heavy atom. The first-order chi connectivity index (χ1) is 6.83.